The van der Waals surface area contributed by atoms with Gasteiger partial charge in [-0.2, -0.15) is 0 Å². The number of carbonyl (C=O) groups is 1. The average molecular weight is 302 g/mol. The zero-order valence-corrected chi connectivity index (χ0v) is 12.2. The van der Waals surface area contributed by atoms with Crippen LogP contribution >= 0.6 is 11.3 Å². The molecule has 2 aromatic rings. The number of carbonyl (C=O) groups excluding carboxylic acids is 1. The van der Waals surface area contributed by atoms with E-state index in [4.69, 9.17) is 9.84 Å². The Labute approximate surface area is 126 Å². The van der Waals surface area contributed by atoms with Crippen molar-refractivity contribution in [3.63, 3.8) is 0 Å². The second-order valence-corrected chi connectivity index (χ2v) is 5.00. The van der Waals surface area contributed by atoms with Crippen molar-refractivity contribution in [2.75, 3.05) is 13.7 Å². The SMILES string of the molecule is COc1ccc(C(=O)NCc2cncs2)cc1C#CCO. The molecule has 0 bridgehead atoms. The normalized spacial score (nSPS) is 9.62. The predicted molar refractivity (Wildman–Crippen MR) is 80.2 cm³/mol. The number of aromatic nitrogens is 1. The summed E-state index contributed by atoms with van der Waals surface area (Å²) in [6.45, 7) is 0.193. The smallest absolute Gasteiger partial charge is 0.251 e. The topological polar surface area (TPSA) is 71.5 Å². The molecule has 0 aliphatic rings. The molecule has 1 aromatic heterocycles. The van der Waals surface area contributed by atoms with Crippen molar-refractivity contribution in [2.45, 2.75) is 6.54 Å². The Bertz CT molecular complexity index is 672. The number of amides is 1. The number of hydrogen-bond donors (Lipinski definition) is 2. The lowest BCUT2D eigenvalue weighted by molar-refractivity contribution is 0.0951. The third-order valence-electron chi connectivity index (χ3n) is 2.67. The summed E-state index contributed by atoms with van der Waals surface area (Å²) in [4.78, 5) is 17.0. The fraction of sp³-hybridized carbons (Fsp3) is 0.200. The molecule has 0 radical (unpaired) electrons. The van der Waals surface area contributed by atoms with Crippen molar-refractivity contribution in [1.82, 2.24) is 10.3 Å². The van der Waals surface area contributed by atoms with Crippen molar-refractivity contribution in [2.24, 2.45) is 0 Å². The minimum atomic E-state index is -0.245. The van der Waals surface area contributed by atoms with Crippen molar-refractivity contribution in [1.29, 1.82) is 0 Å². The van der Waals surface area contributed by atoms with E-state index < -0.39 is 0 Å². The maximum atomic E-state index is 12.1. The van der Waals surface area contributed by atoms with E-state index in [0.717, 1.165) is 4.88 Å². The first-order valence-corrected chi connectivity index (χ1v) is 7.06. The molecule has 21 heavy (non-hydrogen) atoms. The molecule has 2 rings (SSSR count). The molecule has 1 heterocycles. The first-order chi connectivity index (χ1) is 10.2. The number of methoxy groups -OCH3 is 1. The Morgan fingerprint density at radius 3 is 3.05 bits per heavy atom. The maximum Gasteiger partial charge on any atom is 0.251 e. The van der Waals surface area contributed by atoms with Crippen LogP contribution in [0.5, 0.6) is 5.75 Å². The van der Waals surface area contributed by atoms with Gasteiger partial charge in [-0.1, -0.05) is 11.8 Å². The number of aliphatic hydroxyl groups is 1. The molecule has 0 spiro atoms. The number of nitrogens with one attached hydrogen (secondary N) is 1. The number of thiazole rings is 1. The van der Waals surface area contributed by atoms with Crippen molar-refractivity contribution in [3.05, 3.63) is 45.9 Å². The van der Waals surface area contributed by atoms with Gasteiger partial charge in [0.2, 0.25) is 0 Å². The van der Waals surface area contributed by atoms with Crippen molar-refractivity contribution >= 4 is 17.2 Å². The minimum Gasteiger partial charge on any atom is -0.495 e. The zero-order valence-electron chi connectivity index (χ0n) is 11.4. The molecule has 0 fully saturated rings. The van der Waals surface area contributed by atoms with Gasteiger partial charge in [0.25, 0.3) is 5.91 Å². The van der Waals surface area contributed by atoms with Gasteiger partial charge in [-0.3, -0.25) is 9.78 Å². The van der Waals surface area contributed by atoms with E-state index in [1.807, 2.05) is 0 Å². The highest BCUT2D eigenvalue weighted by Crippen LogP contribution is 2.19. The highest BCUT2D eigenvalue weighted by atomic mass is 32.1. The Hall–Kier alpha value is -2.36. The van der Waals surface area contributed by atoms with Crippen LogP contribution in [0.3, 0.4) is 0 Å². The summed E-state index contributed by atoms with van der Waals surface area (Å²) in [5.41, 5.74) is 2.77. The van der Waals surface area contributed by atoms with Crippen LogP contribution in [0, 0.1) is 11.8 Å². The molecule has 2 N–H and O–H groups in total. The standard InChI is InChI=1S/C15H14N2O3S/c1-20-14-5-4-12(7-11(14)3-2-6-18)15(19)17-9-13-8-16-10-21-13/h4-5,7-8,10,18H,6,9H2,1H3,(H,17,19). The zero-order chi connectivity index (χ0) is 15.1. The van der Waals surface area contributed by atoms with Crippen LogP contribution in [0.1, 0.15) is 20.8 Å². The summed E-state index contributed by atoms with van der Waals surface area (Å²) in [5, 5.41) is 11.6. The van der Waals surface area contributed by atoms with Gasteiger partial charge in [0.05, 0.1) is 24.7 Å². The lowest BCUT2D eigenvalue weighted by atomic mass is 10.1. The summed E-state index contributed by atoms with van der Waals surface area (Å²) in [6.07, 6.45) is 1.72. The van der Waals surface area contributed by atoms with Gasteiger partial charge in [-0.15, -0.1) is 11.3 Å². The Morgan fingerprint density at radius 1 is 1.52 bits per heavy atom. The summed E-state index contributed by atoms with van der Waals surface area (Å²) >= 11 is 1.48. The van der Waals surface area contributed by atoms with Gasteiger partial charge in [-0.05, 0) is 18.2 Å². The molecule has 0 atom stereocenters. The number of aliphatic hydroxyl groups excluding tert-OH is 1. The Kier molecular flexibility index (Phi) is 5.32. The molecule has 1 amide bonds. The largest absolute Gasteiger partial charge is 0.495 e. The Balaban J connectivity index is 2.13. The molecule has 0 aliphatic heterocycles. The molecule has 0 unspecified atom stereocenters. The lowest BCUT2D eigenvalue weighted by Crippen LogP contribution is -2.22. The van der Waals surface area contributed by atoms with Gasteiger partial charge in [0.1, 0.15) is 12.4 Å². The van der Waals surface area contributed by atoms with Gasteiger partial charge >= 0.3 is 0 Å². The Morgan fingerprint density at radius 2 is 2.38 bits per heavy atom. The van der Waals surface area contributed by atoms with E-state index in [0.29, 0.717) is 23.4 Å². The van der Waals surface area contributed by atoms with Gasteiger partial charge in [0, 0.05) is 16.6 Å². The van der Waals surface area contributed by atoms with Crippen LogP contribution in [-0.2, 0) is 6.54 Å². The number of ether oxygens (including phenoxy) is 1. The van der Waals surface area contributed by atoms with Crippen LogP contribution in [0.4, 0.5) is 0 Å². The fourth-order valence-electron chi connectivity index (χ4n) is 1.68. The van der Waals surface area contributed by atoms with Crippen LogP contribution in [0.25, 0.3) is 0 Å². The van der Waals surface area contributed by atoms with Gasteiger partial charge in [-0.25, -0.2) is 0 Å². The molecule has 1 aromatic carbocycles. The monoisotopic (exact) mass is 302 g/mol. The first-order valence-electron chi connectivity index (χ1n) is 6.18. The fourth-order valence-corrected chi connectivity index (χ4v) is 2.21. The first kappa shape index (κ1) is 15.0. The molecule has 6 heteroatoms. The van der Waals surface area contributed by atoms with Gasteiger partial charge < -0.3 is 15.2 Å². The quantitative estimate of drug-likeness (QED) is 0.838. The van der Waals surface area contributed by atoms with E-state index in [9.17, 15) is 4.79 Å². The van der Waals surface area contributed by atoms with Crippen LogP contribution in [0.15, 0.2) is 29.9 Å². The molecule has 108 valence electrons. The molecule has 0 aliphatic carbocycles. The number of rotatable bonds is 4. The van der Waals surface area contributed by atoms with Crippen LogP contribution in [0.2, 0.25) is 0 Å². The molecule has 5 nitrogen and oxygen atoms in total. The lowest BCUT2D eigenvalue weighted by Gasteiger charge is -2.07. The summed E-state index contributed by atoms with van der Waals surface area (Å²) < 4.78 is 5.17. The summed E-state index contributed by atoms with van der Waals surface area (Å²) in [7, 11) is 1.53. The van der Waals surface area contributed by atoms with E-state index >= 15 is 0 Å². The molecular formula is C15H14N2O3S. The highest BCUT2D eigenvalue weighted by Gasteiger charge is 2.09. The molecule has 0 saturated carbocycles. The minimum absolute atomic E-state index is 0.196. The highest BCUT2D eigenvalue weighted by molar-refractivity contribution is 7.09. The van der Waals surface area contributed by atoms with Gasteiger partial charge in [0.15, 0.2) is 0 Å². The van der Waals surface area contributed by atoms with E-state index in [2.05, 4.69) is 22.1 Å². The van der Waals surface area contributed by atoms with Crippen molar-refractivity contribution < 1.29 is 14.6 Å². The van der Waals surface area contributed by atoms with Crippen LogP contribution < -0.4 is 10.1 Å². The number of nitrogens with zero attached hydrogens (tertiary/aromatic N) is 1. The predicted octanol–water partition coefficient (Wildman–Crippen LogP) is 1.43. The number of hydrogen-bond acceptors (Lipinski definition) is 5. The summed E-state index contributed by atoms with van der Waals surface area (Å²) in [6, 6.07) is 5.00. The molecule has 0 saturated heterocycles. The van der Waals surface area contributed by atoms with E-state index in [1.165, 1.54) is 18.4 Å². The molecular weight excluding hydrogens is 288 g/mol. The van der Waals surface area contributed by atoms with Crippen LogP contribution in [-0.4, -0.2) is 29.7 Å². The van der Waals surface area contributed by atoms with E-state index in [1.54, 1.807) is 29.9 Å². The second-order valence-electron chi connectivity index (χ2n) is 4.03. The third kappa shape index (κ3) is 4.05. The summed E-state index contributed by atoms with van der Waals surface area (Å²) in [5.74, 6) is 5.68. The maximum absolute atomic E-state index is 12.1. The third-order valence-corrected chi connectivity index (χ3v) is 3.45. The average Bonchev–Trinajstić information content (AvgIpc) is 3.03. The van der Waals surface area contributed by atoms with Crippen molar-refractivity contribution in [3.8, 4) is 17.6 Å². The van der Waals surface area contributed by atoms with E-state index in [-0.39, 0.29) is 12.5 Å². The second kappa shape index (κ2) is 7.43. The number of benzene rings is 1.